The normalized spacial score (nSPS) is 10.4. The van der Waals surface area contributed by atoms with E-state index >= 15 is 0 Å². The van der Waals surface area contributed by atoms with Crippen LogP contribution in [0.25, 0.3) is 0 Å². The van der Waals surface area contributed by atoms with Crippen LogP contribution in [0.4, 0.5) is 22.7 Å². The molecule has 1 aromatic carbocycles. The number of halogens is 4. The Morgan fingerprint density at radius 3 is 2.00 bits per heavy atom. The van der Waals surface area contributed by atoms with Crippen molar-refractivity contribution in [3.05, 3.63) is 58.8 Å². The van der Waals surface area contributed by atoms with Gasteiger partial charge in [-0.15, -0.1) is 0 Å². The van der Waals surface area contributed by atoms with Gasteiger partial charge < -0.3 is 5.32 Å². The number of hydrogen-bond acceptors (Lipinski definition) is 6. The summed E-state index contributed by atoms with van der Waals surface area (Å²) in [6.45, 7) is 0. The van der Waals surface area contributed by atoms with Gasteiger partial charge in [-0.3, -0.25) is 20.2 Å². The van der Waals surface area contributed by atoms with E-state index in [9.17, 15) is 20.2 Å². The van der Waals surface area contributed by atoms with Gasteiger partial charge in [-0.1, -0.05) is 46.4 Å². The van der Waals surface area contributed by atoms with E-state index in [0.717, 1.165) is 18.2 Å². The SMILES string of the molecule is O=[N+]([O-])c1ccc(Nc2c(Cl)c(Cl)nc(Cl)c2Cl)c([N+](=O)[O-])c1. The van der Waals surface area contributed by atoms with Crippen LogP contribution in [0.3, 0.4) is 0 Å². The molecule has 0 amide bonds. The number of nitro groups is 2. The standard InChI is InChI=1S/C11H4Cl4N4O4/c12-7-9(8(13)11(15)17-10(7)14)16-5-2-1-4(18(20)21)3-6(5)19(22)23/h1-3H,(H,16,17). The average Bonchev–Trinajstić information content (AvgIpc) is 2.49. The molecule has 0 atom stereocenters. The zero-order valence-electron chi connectivity index (χ0n) is 10.7. The van der Waals surface area contributed by atoms with E-state index in [4.69, 9.17) is 46.4 Å². The first kappa shape index (κ1) is 17.5. The molecular weight excluding hydrogens is 394 g/mol. The van der Waals surface area contributed by atoms with Crippen molar-refractivity contribution >= 4 is 69.2 Å². The number of nitrogens with one attached hydrogen (secondary N) is 1. The summed E-state index contributed by atoms with van der Waals surface area (Å²) in [5.41, 5.74) is -1.07. The van der Waals surface area contributed by atoms with Crippen molar-refractivity contribution < 1.29 is 9.85 Å². The van der Waals surface area contributed by atoms with Gasteiger partial charge in [-0.2, -0.15) is 0 Å². The van der Waals surface area contributed by atoms with Gasteiger partial charge in [0.15, 0.2) is 10.3 Å². The molecule has 0 aliphatic carbocycles. The van der Waals surface area contributed by atoms with Crippen molar-refractivity contribution in [1.82, 2.24) is 4.98 Å². The Hall–Kier alpha value is -1.87. The summed E-state index contributed by atoms with van der Waals surface area (Å²) in [5, 5.41) is 23.9. The Kier molecular flexibility index (Phi) is 5.10. The second-order valence-electron chi connectivity index (χ2n) is 4.04. The van der Waals surface area contributed by atoms with Crippen LogP contribution in [0.5, 0.6) is 0 Å². The molecule has 120 valence electrons. The van der Waals surface area contributed by atoms with Crippen molar-refractivity contribution in [3.8, 4) is 0 Å². The summed E-state index contributed by atoms with van der Waals surface area (Å²) < 4.78 is 0. The van der Waals surface area contributed by atoms with Gasteiger partial charge >= 0.3 is 0 Å². The maximum absolute atomic E-state index is 11.1. The number of hydrogen-bond donors (Lipinski definition) is 1. The highest BCUT2D eigenvalue weighted by molar-refractivity contribution is 6.48. The molecule has 0 bridgehead atoms. The van der Waals surface area contributed by atoms with Gasteiger partial charge in [0.05, 0.1) is 21.6 Å². The lowest BCUT2D eigenvalue weighted by Gasteiger charge is -2.12. The summed E-state index contributed by atoms with van der Waals surface area (Å²) in [7, 11) is 0. The Balaban J connectivity index is 2.57. The number of aromatic nitrogens is 1. The first-order chi connectivity index (χ1) is 10.7. The van der Waals surface area contributed by atoms with Crippen LogP contribution in [0.15, 0.2) is 18.2 Å². The highest BCUT2D eigenvalue weighted by Gasteiger charge is 2.22. The summed E-state index contributed by atoms with van der Waals surface area (Å²) in [5.74, 6) is 0. The van der Waals surface area contributed by atoms with E-state index < -0.39 is 21.2 Å². The topological polar surface area (TPSA) is 111 Å². The fourth-order valence-corrected chi connectivity index (χ4v) is 2.44. The maximum atomic E-state index is 11.1. The van der Waals surface area contributed by atoms with Crippen LogP contribution in [0, 0.1) is 20.2 Å². The quantitative estimate of drug-likeness (QED) is 0.428. The number of anilines is 2. The number of benzene rings is 1. The first-order valence-corrected chi connectivity index (χ1v) is 7.13. The molecule has 8 nitrogen and oxygen atoms in total. The number of rotatable bonds is 4. The molecule has 0 aliphatic rings. The minimum absolute atomic E-state index is 0.00436. The fourth-order valence-electron chi connectivity index (χ4n) is 1.62. The minimum atomic E-state index is -0.790. The van der Waals surface area contributed by atoms with E-state index in [2.05, 4.69) is 10.3 Å². The number of nitrogens with zero attached hydrogens (tertiary/aromatic N) is 3. The van der Waals surface area contributed by atoms with E-state index in [0.29, 0.717) is 0 Å². The van der Waals surface area contributed by atoms with Crippen molar-refractivity contribution in [2.24, 2.45) is 0 Å². The molecular formula is C11H4Cl4N4O4. The molecule has 0 saturated carbocycles. The highest BCUT2D eigenvalue weighted by atomic mass is 35.5. The molecule has 0 spiro atoms. The molecule has 23 heavy (non-hydrogen) atoms. The summed E-state index contributed by atoms with van der Waals surface area (Å²) in [6, 6.07) is 3.03. The molecule has 0 unspecified atom stereocenters. The van der Waals surface area contributed by atoms with Crippen molar-refractivity contribution in [2.75, 3.05) is 5.32 Å². The highest BCUT2D eigenvalue weighted by Crippen LogP contribution is 2.42. The first-order valence-electron chi connectivity index (χ1n) is 5.62. The van der Waals surface area contributed by atoms with Gasteiger partial charge in [-0.25, -0.2) is 4.98 Å². The fraction of sp³-hybridized carbons (Fsp3) is 0. The van der Waals surface area contributed by atoms with Crippen molar-refractivity contribution in [3.63, 3.8) is 0 Å². The number of nitro benzene ring substituents is 2. The predicted octanol–water partition coefficient (Wildman–Crippen LogP) is 5.26. The Bertz CT molecular complexity index is 804. The summed E-state index contributed by atoms with van der Waals surface area (Å²) in [4.78, 5) is 24.0. The lowest BCUT2D eigenvalue weighted by molar-refractivity contribution is -0.393. The predicted molar refractivity (Wildman–Crippen MR) is 87.3 cm³/mol. The molecule has 0 radical (unpaired) electrons. The van der Waals surface area contributed by atoms with E-state index in [1.54, 1.807) is 0 Å². The van der Waals surface area contributed by atoms with Crippen molar-refractivity contribution in [1.29, 1.82) is 0 Å². The number of non-ortho nitro benzene ring substituents is 1. The lowest BCUT2D eigenvalue weighted by atomic mass is 10.2. The monoisotopic (exact) mass is 396 g/mol. The molecule has 0 aliphatic heterocycles. The zero-order valence-corrected chi connectivity index (χ0v) is 13.7. The van der Waals surface area contributed by atoms with E-state index in [1.807, 2.05) is 0 Å². The smallest absolute Gasteiger partial charge is 0.299 e. The Labute approximate surface area is 148 Å². The average molecular weight is 398 g/mol. The van der Waals surface area contributed by atoms with Crippen LogP contribution < -0.4 is 5.32 Å². The van der Waals surface area contributed by atoms with Crippen LogP contribution in [0.1, 0.15) is 0 Å². The minimum Gasteiger partial charge on any atom is -0.347 e. The second kappa shape index (κ2) is 6.71. The molecule has 2 aromatic rings. The van der Waals surface area contributed by atoms with Gasteiger partial charge in [-0.05, 0) is 6.07 Å². The van der Waals surface area contributed by atoms with Gasteiger partial charge in [0.25, 0.3) is 11.4 Å². The molecule has 1 aromatic heterocycles. The van der Waals surface area contributed by atoms with Crippen LogP contribution in [-0.2, 0) is 0 Å². The van der Waals surface area contributed by atoms with Gasteiger partial charge in [0.2, 0.25) is 0 Å². The van der Waals surface area contributed by atoms with E-state index in [1.165, 1.54) is 0 Å². The van der Waals surface area contributed by atoms with Gasteiger partial charge in [0, 0.05) is 6.07 Å². The molecule has 0 saturated heterocycles. The van der Waals surface area contributed by atoms with Crippen LogP contribution in [-0.4, -0.2) is 14.8 Å². The summed E-state index contributed by atoms with van der Waals surface area (Å²) >= 11 is 23.5. The summed E-state index contributed by atoms with van der Waals surface area (Å²) in [6.07, 6.45) is 0. The third kappa shape index (κ3) is 3.56. The zero-order chi connectivity index (χ0) is 17.3. The molecule has 2 rings (SSSR count). The second-order valence-corrected chi connectivity index (χ2v) is 5.51. The van der Waals surface area contributed by atoms with Crippen LogP contribution >= 0.6 is 46.4 Å². The lowest BCUT2D eigenvalue weighted by Crippen LogP contribution is -2.00. The van der Waals surface area contributed by atoms with Gasteiger partial charge in [0.1, 0.15) is 15.7 Å². The Morgan fingerprint density at radius 2 is 1.52 bits per heavy atom. The molecule has 1 N–H and O–H groups in total. The maximum Gasteiger partial charge on any atom is 0.299 e. The Morgan fingerprint density at radius 1 is 0.957 bits per heavy atom. The molecule has 0 fully saturated rings. The van der Waals surface area contributed by atoms with Crippen LogP contribution in [0.2, 0.25) is 20.4 Å². The number of pyridine rings is 1. The molecule has 12 heteroatoms. The van der Waals surface area contributed by atoms with Crippen molar-refractivity contribution in [2.45, 2.75) is 0 Å². The third-order valence-electron chi connectivity index (χ3n) is 2.65. The molecule has 1 heterocycles. The largest absolute Gasteiger partial charge is 0.347 e. The third-order valence-corrected chi connectivity index (χ3v) is 4.12. The van der Waals surface area contributed by atoms with E-state index in [-0.39, 0.29) is 31.7 Å².